The van der Waals surface area contributed by atoms with E-state index in [0.29, 0.717) is 21.3 Å². The number of amides is 1. The van der Waals surface area contributed by atoms with Crippen LogP contribution in [0, 0.1) is 0 Å². The van der Waals surface area contributed by atoms with Crippen LogP contribution in [0.2, 0.25) is 10.0 Å². The highest BCUT2D eigenvalue weighted by Crippen LogP contribution is 2.30. The van der Waals surface area contributed by atoms with Crippen LogP contribution in [0.15, 0.2) is 42.5 Å². The zero-order chi connectivity index (χ0) is 18.5. The van der Waals surface area contributed by atoms with E-state index in [9.17, 15) is 4.79 Å². The fourth-order valence-electron chi connectivity index (χ4n) is 3.08. The van der Waals surface area contributed by atoms with Gasteiger partial charge >= 0.3 is 0 Å². The Morgan fingerprint density at radius 2 is 1.88 bits per heavy atom. The molecular weight excluding hydrogens is 371 g/mol. The number of carbonyl (C=O) groups excluding carboxylic acids is 1. The van der Waals surface area contributed by atoms with Crippen LogP contribution in [0.5, 0.6) is 0 Å². The molecule has 1 saturated heterocycles. The lowest BCUT2D eigenvalue weighted by Crippen LogP contribution is -2.38. The van der Waals surface area contributed by atoms with Gasteiger partial charge in [0.05, 0.1) is 28.4 Å². The average Bonchev–Trinajstić information content (AvgIpc) is 2.65. The number of nitrogens with zero attached hydrogens (tertiary/aromatic N) is 1. The van der Waals surface area contributed by atoms with Crippen molar-refractivity contribution in [3.63, 3.8) is 0 Å². The first-order valence-electron chi connectivity index (χ1n) is 8.77. The van der Waals surface area contributed by atoms with Crippen LogP contribution in [-0.4, -0.2) is 37.0 Å². The van der Waals surface area contributed by atoms with Crippen molar-refractivity contribution >= 4 is 34.8 Å². The third-order valence-corrected chi connectivity index (χ3v) is 5.07. The van der Waals surface area contributed by atoms with Gasteiger partial charge in [0, 0.05) is 18.7 Å². The Bertz CT molecular complexity index is 743. The number of benzene rings is 2. The first-order valence-corrected chi connectivity index (χ1v) is 9.53. The van der Waals surface area contributed by atoms with Gasteiger partial charge in [0.25, 0.3) is 5.91 Å². The molecule has 1 aliphatic heterocycles. The molecule has 1 aliphatic rings. The number of rotatable bonds is 5. The molecule has 26 heavy (non-hydrogen) atoms. The Labute approximate surface area is 164 Å². The largest absolute Gasteiger partial charge is 0.371 e. The van der Waals surface area contributed by atoms with E-state index in [1.54, 1.807) is 30.3 Å². The molecular formula is C20H22Cl2N2O2. The second-order valence-corrected chi connectivity index (χ2v) is 7.15. The molecule has 2 aromatic rings. The minimum Gasteiger partial charge on any atom is -0.371 e. The number of anilines is 1. The maximum Gasteiger partial charge on any atom is 0.255 e. The van der Waals surface area contributed by atoms with Crippen LogP contribution < -0.4 is 5.32 Å². The predicted octanol–water partition coefficient (Wildman–Crippen LogP) is 5.03. The number of ether oxygens (including phenoxy) is 1. The molecule has 0 aliphatic carbocycles. The van der Waals surface area contributed by atoms with E-state index >= 15 is 0 Å². The van der Waals surface area contributed by atoms with Gasteiger partial charge in [-0.25, -0.2) is 0 Å². The molecule has 1 atom stereocenters. The number of morpholine rings is 1. The minimum absolute atomic E-state index is 0.0467. The van der Waals surface area contributed by atoms with E-state index in [2.05, 4.69) is 17.1 Å². The number of halogens is 2. The summed E-state index contributed by atoms with van der Waals surface area (Å²) in [5.74, 6) is -0.247. The second-order valence-electron chi connectivity index (χ2n) is 6.33. The normalized spacial score (nSPS) is 17.9. The summed E-state index contributed by atoms with van der Waals surface area (Å²) in [5, 5.41) is 3.60. The van der Waals surface area contributed by atoms with Gasteiger partial charge < -0.3 is 10.1 Å². The molecule has 1 fully saturated rings. The molecule has 138 valence electrons. The first kappa shape index (κ1) is 19.2. The van der Waals surface area contributed by atoms with Gasteiger partial charge in [0.1, 0.15) is 0 Å². The Kier molecular flexibility index (Phi) is 6.54. The molecule has 2 aromatic carbocycles. The van der Waals surface area contributed by atoms with Crippen molar-refractivity contribution in [2.45, 2.75) is 19.4 Å². The third kappa shape index (κ3) is 4.57. The van der Waals surface area contributed by atoms with Gasteiger partial charge in [-0.3, -0.25) is 9.69 Å². The Morgan fingerprint density at radius 1 is 1.19 bits per heavy atom. The maximum absolute atomic E-state index is 12.5. The summed E-state index contributed by atoms with van der Waals surface area (Å²) in [5.41, 5.74) is 2.06. The van der Waals surface area contributed by atoms with E-state index in [1.165, 1.54) is 0 Å². The van der Waals surface area contributed by atoms with Gasteiger partial charge in [0.15, 0.2) is 0 Å². The Morgan fingerprint density at radius 3 is 2.54 bits per heavy atom. The molecule has 3 rings (SSSR count). The number of hydrogen-bond acceptors (Lipinski definition) is 3. The summed E-state index contributed by atoms with van der Waals surface area (Å²) in [7, 11) is 0. The lowest BCUT2D eigenvalue weighted by molar-refractivity contribution is -0.0298. The van der Waals surface area contributed by atoms with Crippen LogP contribution >= 0.6 is 23.2 Å². The first-order chi connectivity index (χ1) is 12.6. The lowest BCUT2D eigenvalue weighted by Gasteiger charge is -2.33. The van der Waals surface area contributed by atoms with Gasteiger partial charge in [-0.1, -0.05) is 48.3 Å². The molecule has 1 unspecified atom stereocenters. The zero-order valence-electron chi connectivity index (χ0n) is 14.7. The number of hydrogen-bond donors (Lipinski definition) is 1. The molecule has 1 N–H and O–H groups in total. The summed E-state index contributed by atoms with van der Waals surface area (Å²) < 4.78 is 5.89. The van der Waals surface area contributed by atoms with Crippen LogP contribution in [-0.2, 0) is 4.74 Å². The Balaban J connectivity index is 1.68. The van der Waals surface area contributed by atoms with Crippen molar-refractivity contribution < 1.29 is 9.53 Å². The molecule has 0 radical (unpaired) electrons. The van der Waals surface area contributed by atoms with Crippen LogP contribution in [0.4, 0.5) is 5.69 Å². The summed E-state index contributed by atoms with van der Waals surface area (Å²) in [6.45, 7) is 5.86. The summed E-state index contributed by atoms with van der Waals surface area (Å²) in [4.78, 5) is 14.9. The van der Waals surface area contributed by atoms with Crippen molar-refractivity contribution in [3.8, 4) is 0 Å². The van der Waals surface area contributed by atoms with Crippen molar-refractivity contribution in [1.82, 2.24) is 4.90 Å². The van der Waals surface area contributed by atoms with Gasteiger partial charge in [-0.05, 0) is 42.8 Å². The van der Waals surface area contributed by atoms with E-state index in [0.717, 1.165) is 38.2 Å². The lowest BCUT2D eigenvalue weighted by atomic mass is 10.0. The fourth-order valence-corrected chi connectivity index (χ4v) is 3.57. The summed E-state index contributed by atoms with van der Waals surface area (Å²) in [6, 6.07) is 12.6. The molecule has 1 heterocycles. The molecule has 0 aromatic heterocycles. The maximum atomic E-state index is 12.5. The quantitative estimate of drug-likeness (QED) is 0.775. The standard InChI is InChI=1S/C20H22Cl2N2O2/c1-2-10-24-11-12-26-18(13-24)14-6-8-15(9-7-14)20(25)23-19-16(21)4-3-5-17(19)22/h3-9,18H,2,10-13H2,1H3,(H,23,25). The molecule has 1 amide bonds. The van der Waals surface area contributed by atoms with Crippen LogP contribution in [0.25, 0.3) is 0 Å². The minimum atomic E-state index is -0.247. The van der Waals surface area contributed by atoms with Crippen molar-refractivity contribution in [1.29, 1.82) is 0 Å². The number of carbonyl (C=O) groups is 1. The SMILES string of the molecule is CCCN1CCOC(c2ccc(C(=O)Nc3c(Cl)cccc3Cl)cc2)C1. The van der Waals surface area contributed by atoms with Gasteiger partial charge in [0.2, 0.25) is 0 Å². The zero-order valence-corrected chi connectivity index (χ0v) is 16.2. The summed E-state index contributed by atoms with van der Waals surface area (Å²) in [6.07, 6.45) is 1.18. The third-order valence-electron chi connectivity index (χ3n) is 4.44. The topological polar surface area (TPSA) is 41.6 Å². The molecule has 0 spiro atoms. The number of para-hydroxylation sites is 1. The molecule has 0 saturated carbocycles. The van der Waals surface area contributed by atoms with Crippen LogP contribution in [0.3, 0.4) is 0 Å². The highest BCUT2D eigenvalue weighted by atomic mass is 35.5. The predicted molar refractivity (Wildman–Crippen MR) is 106 cm³/mol. The summed E-state index contributed by atoms with van der Waals surface area (Å²) >= 11 is 12.2. The highest BCUT2D eigenvalue weighted by molar-refractivity contribution is 6.40. The van der Waals surface area contributed by atoms with Crippen molar-refractivity contribution in [3.05, 3.63) is 63.6 Å². The molecule has 4 nitrogen and oxygen atoms in total. The Hall–Kier alpha value is -1.59. The van der Waals surface area contributed by atoms with Crippen LogP contribution in [0.1, 0.15) is 35.4 Å². The fraction of sp³-hybridized carbons (Fsp3) is 0.350. The second kappa shape index (κ2) is 8.87. The number of nitrogens with one attached hydrogen (secondary N) is 1. The van der Waals surface area contributed by atoms with E-state index < -0.39 is 0 Å². The van der Waals surface area contributed by atoms with Gasteiger partial charge in [-0.15, -0.1) is 0 Å². The molecule has 6 heteroatoms. The highest BCUT2D eigenvalue weighted by Gasteiger charge is 2.21. The van der Waals surface area contributed by atoms with Gasteiger partial charge in [-0.2, -0.15) is 0 Å². The molecule has 0 bridgehead atoms. The van der Waals surface area contributed by atoms with Crippen molar-refractivity contribution in [2.75, 3.05) is 31.6 Å². The van der Waals surface area contributed by atoms with E-state index in [-0.39, 0.29) is 12.0 Å². The van der Waals surface area contributed by atoms with E-state index in [1.807, 2.05) is 12.1 Å². The smallest absolute Gasteiger partial charge is 0.255 e. The van der Waals surface area contributed by atoms with E-state index in [4.69, 9.17) is 27.9 Å². The average molecular weight is 393 g/mol. The van der Waals surface area contributed by atoms with Crippen molar-refractivity contribution in [2.24, 2.45) is 0 Å². The monoisotopic (exact) mass is 392 g/mol.